The van der Waals surface area contributed by atoms with Crippen LogP contribution in [0.3, 0.4) is 0 Å². The number of piperazine rings is 1. The number of carbonyl (C=O) groups excluding carboxylic acids is 1. The van der Waals surface area contributed by atoms with Crippen molar-refractivity contribution in [3.05, 3.63) is 64.7 Å². The van der Waals surface area contributed by atoms with E-state index in [1.54, 1.807) is 23.9 Å². The van der Waals surface area contributed by atoms with Gasteiger partial charge in [-0.1, -0.05) is 29.8 Å². The molecule has 0 unspecified atom stereocenters. The minimum absolute atomic E-state index is 0.0708. The van der Waals surface area contributed by atoms with Gasteiger partial charge in [0.1, 0.15) is 0 Å². The molecule has 0 aromatic heterocycles. The van der Waals surface area contributed by atoms with Crippen molar-refractivity contribution in [2.45, 2.75) is 11.4 Å². The minimum Gasteiger partial charge on any atom is -0.336 e. The van der Waals surface area contributed by atoms with Crippen LogP contribution in [0, 0.1) is 0 Å². The van der Waals surface area contributed by atoms with Gasteiger partial charge in [-0.3, -0.25) is 9.69 Å². The Morgan fingerprint density at radius 1 is 1.08 bits per heavy atom. The molecule has 3 rings (SSSR count). The molecule has 1 saturated heterocycles. The van der Waals surface area contributed by atoms with Crippen LogP contribution in [0.2, 0.25) is 5.02 Å². The normalized spacial score (nSPS) is 15.5. The van der Waals surface area contributed by atoms with E-state index in [9.17, 15) is 4.79 Å². The van der Waals surface area contributed by atoms with Gasteiger partial charge in [-0.15, -0.1) is 11.8 Å². The highest BCUT2D eigenvalue weighted by atomic mass is 35.5. The lowest BCUT2D eigenvalue weighted by molar-refractivity contribution is 0.0628. The van der Waals surface area contributed by atoms with Crippen molar-refractivity contribution in [2.75, 3.05) is 32.4 Å². The smallest absolute Gasteiger partial charge is 0.253 e. The van der Waals surface area contributed by atoms with Crippen molar-refractivity contribution in [1.29, 1.82) is 0 Å². The highest BCUT2D eigenvalue weighted by molar-refractivity contribution is 7.98. The van der Waals surface area contributed by atoms with Gasteiger partial charge in [-0.05, 0) is 42.2 Å². The van der Waals surface area contributed by atoms with E-state index in [2.05, 4.69) is 35.4 Å². The standard InChI is InChI=1S/C19H21ClN2OS/c1-24-18-7-5-15(6-8-18)14-21-9-11-22(12-10-21)19(23)16-3-2-4-17(20)13-16/h2-8,13H,9-12,14H2,1H3. The molecule has 1 amide bonds. The van der Waals surface area contributed by atoms with E-state index in [0.717, 1.165) is 32.7 Å². The van der Waals surface area contributed by atoms with Crippen LogP contribution in [-0.4, -0.2) is 48.1 Å². The maximum Gasteiger partial charge on any atom is 0.253 e. The van der Waals surface area contributed by atoms with E-state index in [4.69, 9.17) is 11.6 Å². The largest absolute Gasteiger partial charge is 0.336 e. The van der Waals surface area contributed by atoms with Gasteiger partial charge in [-0.25, -0.2) is 0 Å². The highest BCUT2D eigenvalue weighted by Gasteiger charge is 2.22. The first-order valence-corrected chi connectivity index (χ1v) is 9.66. The maximum atomic E-state index is 12.5. The summed E-state index contributed by atoms with van der Waals surface area (Å²) in [6.45, 7) is 4.25. The second-order valence-corrected chi connectivity index (χ2v) is 7.24. The predicted molar refractivity (Wildman–Crippen MR) is 101 cm³/mol. The monoisotopic (exact) mass is 360 g/mol. The van der Waals surface area contributed by atoms with E-state index in [1.165, 1.54) is 10.5 Å². The van der Waals surface area contributed by atoms with E-state index in [0.29, 0.717) is 10.6 Å². The zero-order valence-corrected chi connectivity index (χ0v) is 15.3. The van der Waals surface area contributed by atoms with Crippen LogP contribution in [0.25, 0.3) is 0 Å². The summed E-state index contributed by atoms with van der Waals surface area (Å²) in [5.41, 5.74) is 1.99. The Kier molecular flexibility index (Phi) is 5.82. The van der Waals surface area contributed by atoms with Crippen LogP contribution in [-0.2, 0) is 6.54 Å². The summed E-state index contributed by atoms with van der Waals surface area (Å²) in [5.74, 6) is 0.0708. The van der Waals surface area contributed by atoms with Gasteiger partial charge in [0.15, 0.2) is 0 Å². The Morgan fingerprint density at radius 2 is 1.79 bits per heavy atom. The number of rotatable bonds is 4. The molecule has 0 aliphatic carbocycles. The fourth-order valence-corrected chi connectivity index (χ4v) is 3.50. The molecule has 5 heteroatoms. The fraction of sp³-hybridized carbons (Fsp3) is 0.316. The third-order valence-corrected chi connectivity index (χ3v) is 5.27. The summed E-state index contributed by atoms with van der Waals surface area (Å²) in [7, 11) is 0. The number of halogens is 1. The SMILES string of the molecule is CSc1ccc(CN2CCN(C(=O)c3cccc(Cl)c3)CC2)cc1. The maximum absolute atomic E-state index is 12.5. The number of hydrogen-bond acceptors (Lipinski definition) is 3. The zero-order chi connectivity index (χ0) is 16.9. The van der Waals surface area contributed by atoms with Gasteiger partial charge >= 0.3 is 0 Å². The highest BCUT2D eigenvalue weighted by Crippen LogP contribution is 2.17. The summed E-state index contributed by atoms with van der Waals surface area (Å²) in [6.07, 6.45) is 2.09. The molecular weight excluding hydrogens is 340 g/mol. The number of nitrogens with zero attached hydrogens (tertiary/aromatic N) is 2. The second kappa shape index (κ2) is 8.06. The molecule has 0 N–H and O–H groups in total. The summed E-state index contributed by atoms with van der Waals surface area (Å²) in [4.78, 5) is 18.1. The second-order valence-electron chi connectivity index (χ2n) is 5.93. The van der Waals surface area contributed by atoms with Crippen LogP contribution in [0.1, 0.15) is 15.9 Å². The first-order valence-electron chi connectivity index (χ1n) is 8.06. The van der Waals surface area contributed by atoms with Crippen LogP contribution in [0.4, 0.5) is 0 Å². The van der Waals surface area contributed by atoms with E-state index in [1.807, 2.05) is 17.0 Å². The Bertz CT molecular complexity index is 697. The molecule has 0 radical (unpaired) electrons. The molecule has 126 valence electrons. The number of carbonyl (C=O) groups is 1. The topological polar surface area (TPSA) is 23.6 Å². The fourth-order valence-electron chi connectivity index (χ4n) is 2.90. The van der Waals surface area contributed by atoms with Crippen molar-refractivity contribution in [3.63, 3.8) is 0 Å². The Morgan fingerprint density at radius 3 is 2.42 bits per heavy atom. The molecule has 1 fully saturated rings. The molecular formula is C19H21ClN2OS. The van der Waals surface area contributed by atoms with E-state index >= 15 is 0 Å². The van der Waals surface area contributed by atoms with Crippen molar-refractivity contribution >= 4 is 29.3 Å². The first kappa shape index (κ1) is 17.3. The number of benzene rings is 2. The zero-order valence-electron chi connectivity index (χ0n) is 13.7. The quantitative estimate of drug-likeness (QED) is 0.769. The van der Waals surface area contributed by atoms with Crippen LogP contribution < -0.4 is 0 Å². The van der Waals surface area contributed by atoms with Gasteiger partial charge in [-0.2, -0.15) is 0 Å². The number of hydrogen-bond donors (Lipinski definition) is 0. The number of thioether (sulfide) groups is 1. The van der Waals surface area contributed by atoms with Gasteiger partial charge in [0.25, 0.3) is 5.91 Å². The van der Waals surface area contributed by atoms with E-state index < -0.39 is 0 Å². The van der Waals surface area contributed by atoms with Gasteiger partial charge < -0.3 is 4.90 Å². The third-order valence-electron chi connectivity index (χ3n) is 4.30. The van der Waals surface area contributed by atoms with Crippen molar-refractivity contribution in [2.24, 2.45) is 0 Å². The summed E-state index contributed by atoms with van der Waals surface area (Å²) in [5, 5.41) is 0.605. The molecule has 3 nitrogen and oxygen atoms in total. The Labute approximate surface area is 152 Å². The molecule has 2 aromatic carbocycles. The van der Waals surface area contributed by atoms with Crippen LogP contribution in [0.15, 0.2) is 53.4 Å². The summed E-state index contributed by atoms with van der Waals surface area (Å²) >= 11 is 7.74. The molecule has 0 saturated carbocycles. The molecule has 0 spiro atoms. The van der Waals surface area contributed by atoms with Crippen LogP contribution in [0.5, 0.6) is 0 Å². The average Bonchev–Trinajstić information content (AvgIpc) is 2.62. The Hall–Kier alpha value is -1.49. The number of amides is 1. The summed E-state index contributed by atoms with van der Waals surface area (Å²) < 4.78 is 0. The molecule has 1 aliphatic rings. The molecule has 24 heavy (non-hydrogen) atoms. The molecule has 2 aromatic rings. The molecule has 0 bridgehead atoms. The van der Waals surface area contributed by atoms with Gasteiger partial charge in [0.05, 0.1) is 0 Å². The van der Waals surface area contributed by atoms with Gasteiger partial charge in [0.2, 0.25) is 0 Å². The van der Waals surface area contributed by atoms with Crippen molar-refractivity contribution < 1.29 is 4.79 Å². The third kappa shape index (κ3) is 4.32. The summed E-state index contributed by atoms with van der Waals surface area (Å²) in [6, 6.07) is 15.9. The first-order chi connectivity index (χ1) is 11.7. The van der Waals surface area contributed by atoms with Crippen LogP contribution >= 0.6 is 23.4 Å². The van der Waals surface area contributed by atoms with Gasteiger partial charge in [0, 0.05) is 48.2 Å². The molecule has 0 atom stereocenters. The lowest BCUT2D eigenvalue weighted by atomic mass is 10.1. The average molecular weight is 361 g/mol. The van der Waals surface area contributed by atoms with E-state index in [-0.39, 0.29) is 5.91 Å². The predicted octanol–water partition coefficient (Wildman–Crippen LogP) is 4.02. The Balaban J connectivity index is 1.54. The van der Waals surface area contributed by atoms with Crippen molar-refractivity contribution in [1.82, 2.24) is 9.80 Å². The molecule has 1 aliphatic heterocycles. The van der Waals surface area contributed by atoms with Crippen molar-refractivity contribution in [3.8, 4) is 0 Å². The lowest BCUT2D eigenvalue weighted by Crippen LogP contribution is -2.48. The lowest BCUT2D eigenvalue weighted by Gasteiger charge is -2.34. The molecule has 1 heterocycles. The minimum atomic E-state index is 0.0708.